The number of hydrogen-bond donors (Lipinski definition) is 1. The van der Waals surface area contributed by atoms with Crippen LogP contribution in [0.5, 0.6) is 5.75 Å². The van der Waals surface area contributed by atoms with Crippen molar-refractivity contribution in [3.63, 3.8) is 0 Å². The van der Waals surface area contributed by atoms with E-state index in [9.17, 15) is 5.11 Å². The fourth-order valence-corrected chi connectivity index (χ4v) is 1.87. The highest BCUT2D eigenvalue weighted by Gasteiger charge is 2.17. The van der Waals surface area contributed by atoms with Crippen LogP contribution in [0.25, 0.3) is 0 Å². The molecule has 1 aromatic rings. The van der Waals surface area contributed by atoms with Gasteiger partial charge in [-0.25, -0.2) is 0 Å². The molecule has 1 N–H and O–H groups in total. The standard InChI is InChI=1S/C14H18O3/c1-2-16-12-7-5-6-11(10-12)14(15)13-8-3-4-9-17-13/h5-8,10,14-15H,2-4,9H2,1H3. The lowest BCUT2D eigenvalue weighted by Crippen LogP contribution is -2.10. The minimum absolute atomic E-state index is 0.624. The minimum Gasteiger partial charge on any atom is -0.495 e. The number of rotatable bonds is 4. The van der Waals surface area contributed by atoms with E-state index in [1.165, 1.54) is 0 Å². The second-order valence-corrected chi connectivity index (χ2v) is 4.01. The van der Waals surface area contributed by atoms with Gasteiger partial charge >= 0.3 is 0 Å². The molecular formula is C14H18O3. The van der Waals surface area contributed by atoms with E-state index >= 15 is 0 Å². The van der Waals surface area contributed by atoms with Crippen molar-refractivity contribution in [1.29, 1.82) is 0 Å². The lowest BCUT2D eigenvalue weighted by molar-refractivity contribution is 0.0916. The van der Waals surface area contributed by atoms with Crippen LogP contribution in [0.1, 0.15) is 31.4 Å². The Labute approximate surface area is 102 Å². The van der Waals surface area contributed by atoms with E-state index in [-0.39, 0.29) is 0 Å². The third-order valence-electron chi connectivity index (χ3n) is 2.72. The van der Waals surface area contributed by atoms with Gasteiger partial charge < -0.3 is 14.6 Å². The monoisotopic (exact) mass is 234 g/mol. The van der Waals surface area contributed by atoms with Gasteiger partial charge in [0.1, 0.15) is 17.6 Å². The first-order valence-electron chi connectivity index (χ1n) is 6.05. The number of benzene rings is 1. The van der Waals surface area contributed by atoms with E-state index < -0.39 is 6.10 Å². The summed E-state index contributed by atoms with van der Waals surface area (Å²) in [6, 6.07) is 7.50. The summed E-state index contributed by atoms with van der Waals surface area (Å²) < 4.78 is 10.9. The van der Waals surface area contributed by atoms with Crippen LogP contribution in [0.3, 0.4) is 0 Å². The molecule has 0 saturated heterocycles. The highest BCUT2D eigenvalue weighted by Crippen LogP contribution is 2.27. The lowest BCUT2D eigenvalue weighted by Gasteiger charge is -2.20. The average molecular weight is 234 g/mol. The average Bonchev–Trinajstić information content (AvgIpc) is 2.40. The van der Waals surface area contributed by atoms with Crippen molar-refractivity contribution in [2.24, 2.45) is 0 Å². The topological polar surface area (TPSA) is 38.7 Å². The van der Waals surface area contributed by atoms with Crippen molar-refractivity contribution in [3.05, 3.63) is 41.7 Å². The lowest BCUT2D eigenvalue weighted by atomic mass is 10.1. The highest BCUT2D eigenvalue weighted by molar-refractivity contribution is 5.32. The smallest absolute Gasteiger partial charge is 0.136 e. The Morgan fingerprint density at radius 2 is 2.35 bits per heavy atom. The molecule has 0 saturated carbocycles. The first-order valence-corrected chi connectivity index (χ1v) is 6.05. The van der Waals surface area contributed by atoms with Crippen molar-refractivity contribution < 1.29 is 14.6 Å². The molecular weight excluding hydrogens is 216 g/mol. The molecule has 1 aliphatic rings. The van der Waals surface area contributed by atoms with Crippen LogP contribution in [-0.2, 0) is 4.74 Å². The SMILES string of the molecule is CCOc1cccc(C(O)C2=CCCCO2)c1. The Balaban J connectivity index is 2.15. The molecule has 1 atom stereocenters. The highest BCUT2D eigenvalue weighted by atomic mass is 16.5. The largest absolute Gasteiger partial charge is 0.495 e. The van der Waals surface area contributed by atoms with E-state index in [1.807, 2.05) is 37.3 Å². The maximum atomic E-state index is 10.2. The van der Waals surface area contributed by atoms with Crippen LogP contribution < -0.4 is 4.74 Å². The van der Waals surface area contributed by atoms with E-state index in [1.54, 1.807) is 0 Å². The Bertz CT molecular complexity index is 398. The fraction of sp³-hybridized carbons (Fsp3) is 0.429. The molecule has 3 nitrogen and oxygen atoms in total. The first kappa shape index (κ1) is 12.0. The molecule has 1 unspecified atom stereocenters. The van der Waals surface area contributed by atoms with Crippen molar-refractivity contribution >= 4 is 0 Å². The summed E-state index contributed by atoms with van der Waals surface area (Å²) in [6.45, 7) is 3.25. The van der Waals surface area contributed by atoms with Crippen molar-refractivity contribution in [2.75, 3.05) is 13.2 Å². The van der Waals surface area contributed by atoms with Gasteiger partial charge in [0, 0.05) is 0 Å². The third-order valence-corrected chi connectivity index (χ3v) is 2.72. The molecule has 17 heavy (non-hydrogen) atoms. The Hall–Kier alpha value is -1.48. The molecule has 1 aromatic carbocycles. The van der Waals surface area contributed by atoms with Crippen LogP contribution in [0.2, 0.25) is 0 Å². The molecule has 92 valence electrons. The maximum absolute atomic E-state index is 10.2. The molecule has 0 radical (unpaired) electrons. The van der Waals surface area contributed by atoms with Crippen molar-refractivity contribution in [3.8, 4) is 5.75 Å². The maximum Gasteiger partial charge on any atom is 0.136 e. The zero-order chi connectivity index (χ0) is 12.1. The Morgan fingerprint density at radius 3 is 3.06 bits per heavy atom. The zero-order valence-electron chi connectivity index (χ0n) is 10.1. The van der Waals surface area contributed by atoms with E-state index in [2.05, 4.69) is 0 Å². The summed E-state index contributed by atoms with van der Waals surface area (Å²) in [7, 11) is 0. The van der Waals surface area contributed by atoms with Crippen LogP contribution in [-0.4, -0.2) is 18.3 Å². The molecule has 0 aliphatic carbocycles. The van der Waals surface area contributed by atoms with Gasteiger partial charge in [0.05, 0.1) is 13.2 Å². The van der Waals surface area contributed by atoms with E-state index in [0.717, 1.165) is 24.2 Å². The van der Waals surface area contributed by atoms with Gasteiger partial charge in [0.25, 0.3) is 0 Å². The Morgan fingerprint density at radius 1 is 1.47 bits per heavy atom. The molecule has 0 bridgehead atoms. The summed E-state index contributed by atoms with van der Waals surface area (Å²) in [4.78, 5) is 0. The second kappa shape index (κ2) is 5.73. The molecule has 0 spiro atoms. The minimum atomic E-state index is -0.685. The van der Waals surface area contributed by atoms with Gasteiger partial charge in [-0.2, -0.15) is 0 Å². The van der Waals surface area contributed by atoms with Crippen LogP contribution in [0, 0.1) is 0 Å². The predicted octanol–water partition coefficient (Wildman–Crippen LogP) is 2.81. The predicted molar refractivity (Wildman–Crippen MR) is 65.8 cm³/mol. The zero-order valence-corrected chi connectivity index (χ0v) is 10.1. The third kappa shape index (κ3) is 3.01. The summed E-state index contributed by atoms with van der Waals surface area (Å²) in [5.41, 5.74) is 0.809. The fourth-order valence-electron chi connectivity index (χ4n) is 1.87. The summed E-state index contributed by atoms with van der Waals surface area (Å²) in [6.07, 6.45) is 3.27. The number of aliphatic hydroxyl groups is 1. The second-order valence-electron chi connectivity index (χ2n) is 4.01. The van der Waals surface area contributed by atoms with Gasteiger partial charge in [-0.05, 0) is 43.5 Å². The van der Waals surface area contributed by atoms with Crippen molar-refractivity contribution in [2.45, 2.75) is 25.9 Å². The number of hydrogen-bond acceptors (Lipinski definition) is 3. The van der Waals surface area contributed by atoms with Gasteiger partial charge in [-0.15, -0.1) is 0 Å². The number of ether oxygens (including phenoxy) is 2. The molecule has 0 amide bonds. The van der Waals surface area contributed by atoms with E-state index in [0.29, 0.717) is 19.0 Å². The first-order chi connectivity index (χ1) is 8.31. The number of aliphatic hydroxyl groups excluding tert-OH is 1. The molecule has 2 rings (SSSR count). The van der Waals surface area contributed by atoms with Gasteiger partial charge in [0.15, 0.2) is 0 Å². The van der Waals surface area contributed by atoms with Crippen LogP contribution in [0.15, 0.2) is 36.1 Å². The molecule has 0 aromatic heterocycles. The van der Waals surface area contributed by atoms with Crippen LogP contribution in [0.4, 0.5) is 0 Å². The van der Waals surface area contributed by atoms with E-state index in [4.69, 9.17) is 9.47 Å². The van der Waals surface area contributed by atoms with Gasteiger partial charge in [-0.3, -0.25) is 0 Å². The summed E-state index contributed by atoms with van der Waals surface area (Å²) in [5.74, 6) is 1.44. The van der Waals surface area contributed by atoms with Gasteiger partial charge in [0.2, 0.25) is 0 Å². The molecule has 0 fully saturated rings. The molecule has 1 aliphatic heterocycles. The number of allylic oxidation sites excluding steroid dienone is 1. The quantitative estimate of drug-likeness (QED) is 0.870. The summed E-state index contributed by atoms with van der Waals surface area (Å²) >= 11 is 0. The Kier molecular flexibility index (Phi) is 4.04. The molecule has 1 heterocycles. The summed E-state index contributed by atoms with van der Waals surface area (Å²) in [5, 5.41) is 10.2. The van der Waals surface area contributed by atoms with Gasteiger partial charge in [-0.1, -0.05) is 12.1 Å². The van der Waals surface area contributed by atoms with Crippen molar-refractivity contribution in [1.82, 2.24) is 0 Å². The van der Waals surface area contributed by atoms with Crippen LogP contribution >= 0.6 is 0 Å². The normalized spacial score (nSPS) is 16.9. The molecule has 3 heteroatoms.